The van der Waals surface area contributed by atoms with Crippen molar-refractivity contribution in [1.29, 1.82) is 0 Å². The van der Waals surface area contributed by atoms with Gasteiger partial charge in [0, 0.05) is 6.20 Å². The highest BCUT2D eigenvalue weighted by Gasteiger charge is 2.07. The first-order chi connectivity index (χ1) is 6.68. The Balaban J connectivity index is 0.000000461. The van der Waals surface area contributed by atoms with E-state index < -0.39 is 0 Å². The summed E-state index contributed by atoms with van der Waals surface area (Å²) in [5.74, 6) is 0. The maximum Gasteiger partial charge on any atom is 0.225 e. The van der Waals surface area contributed by atoms with Crippen molar-refractivity contribution in [2.75, 3.05) is 0 Å². The third-order valence-electron chi connectivity index (χ3n) is 1.66. The standard InChI is InChI=1S/C7H5Cl2N3.C2H6/c1-3-2-10-6-4(3)5(8)11-7(9)12-6;1-2/h2H,1H3,(H,10,11,12);1-2H3. The smallest absolute Gasteiger partial charge is 0.225 e. The van der Waals surface area contributed by atoms with Crippen molar-refractivity contribution in [2.45, 2.75) is 20.8 Å². The van der Waals surface area contributed by atoms with Gasteiger partial charge in [-0.3, -0.25) is 0 Å². The van der Waals surface area contributed by atoms with Gasteiger partial charge in [0.05, 0.1) is 5.39 Å². The number of H-pyrrole nitrogens is 1. The second-order valence-electron chi connectivity index (χ2n) is 2.48. The van der Waals surface area contributed by atoms with Gasteiger partial charge >= 0.3 is 0 Å². The van der Waals surface area contributed by atoms with Gasteiger partial charge in [0.15, 0.2) is 0 Å². The Morgan fingerprint density at radius 1 is 1.21 bits per heavy atom. The molecule has 0 aromatic carbocycles. The first-order valence-corrected chi connectivity index (χ1v) is 5.11. The van der Waals surface area contributed by atoms with Crippen LogP contribution in [-0.2, 0) is 0 Å². The van der Waals surface area contributed by atoms with Crippen LogP contribution in [-0.4, -0.2) is 15.0 Å². The molecule has 0 aliphatic heterocycles. The van der Waals surface area contributed by atoms with E-state index >= 15 is 0 Å². The zero-order valence-electron chi connectivity index (χ0n) is 8.23. The van der Waals surface area contributed by atoms with Crippen LogP contribution in [0.5, 0.6) is 0 Å². The molecule has 2 aromatic heterocycles. The predicted octanol–water partition coefficient (Wildman–Crippen LogP) is 3.60. The number of hydrogen-bond acceptors (Lipinski definition) is 2. The molecule has 0 atom stereocenters. The van der Waals surface area contributed by atoms with Crippen LogP contribution in [0.4, 0.5) is 0 Å². The van der Waals surface area contributed by atoms with Crippen molar-refractivity contribution in [2.24, 2.45) is 0 Å². The van der Waals surface area contributed by atoms with Gasteiger partial charge in [-0.25, -0.2) is 4.98 Å². The Hall–Kier alpha value is -0.800. The molecule has 0 unspecified atom stereocenters. The number of fused-ring (bicyclic) bond motifs is 1. The molecular formula is C9H11Cl2N3. The summed E-state index contributed by atoms with van der Waals surface area (Å²) in [4.78, 5) is 10.8. The molecule has 2 heterocycles. The van der Waals surface area contributed by atoms with E-state index in [1.165, 1.54) is 0 Å². The molecule has 2 aromatic rings. The third-order valence-corrected chi connectivity index (χ3v) is 2.10. The summed E-state index contributed by atoms with van der Waals surface area (Å²) in [5, 5.41) is 1.39. The number of aromatic amines is 1. The van der Waals surface area contributed by atoms with E-state index in [1.54, 1.807) is 0 Å². The number of aromatic nitrogens is 3. The normalized spacial score (nSPS) is 9.79. The third kappa shape index (κ3) is 1.99. The molecule has 3 nitrogen and oxygen atoms in total. The van der Waals surface area contributed by atoms with E-state index in [0.717, 1.165) is 10.9 Å². The number of aryl methyl sites for hydroxylation is 1. The number of hydrogen-bond donors (Lipinski definition) is 1. The Morgan fingerprint density at radius 3 is 2.50 bits per heavy atom. The van der Waals surface area contributed by atoms with Gasteiger partial charge in [0.25, 0.3) is 0 Å². The second-order valence-corrected chi connectivity index (χ2v) is 3.17. The summed E-state index contributed by atoms with van der Waals surface area (Å²) in [7, 11) is 0. The molecule has 0 amide bonds. The molecule has 0 saturated carbocycles. The quantitative estimate of drug-likeness (QED) is 0.556. The summed E-state index contributed by atoms with van der Waals surface area (Å²) in [6.45, 7) is 5.93. The summed E-state index contributed by atoms with van der Waals surface area (Å²) >= 11 is 11.5. The van der Waals surface area contributed by atoms with Crippen LogP contribution in [0.1, 0.15) is 19.4 Å². The summed E-state index contributed by atoms with van der Waals surface area (Å²) < 4.78 is 0. The van der Waals surface area contributed by atoms with Gasteiger partial charge in [0.2, 0.25) is 5.28 Å². The maximum absolute atomic E-state index is 5.85. The van der Waals surface area contributed by atoms with Gasteiger partial charge in [0.1, 0.15) is 10.8 Å². The van der Waals surface area contributed by atoms with Crippen LogP contribution >= 0.6 is 23.2 Å². The average molecular weight is 232 g/mol. The molecule has 76 valence electrons. The largest absolute Gasteiger partial charge is 0.346 e. The minimum Gasteiger partial charge on any atom is -0.346 e. The lowest BCUT2D eigenvalue weighted by Gasteiger charge is -1.94. The first-order valence-electron chi connectivity index (χ1n) is 4.35. The minimum atomic E-state index is 0.161. The van der Waals surface area contributed by atoms with Gasteiger partial charge < -0.3 is 4.98 Å². The highest BCUT2D eigenvalue weighted by molar-refractivity contribution is 6.35. The first kappa shape index (κ1) is 11.3. The van der Waals surface area contributed by atoms with Crippen molar-refractivity contribution in [3.8, 4) is 0 Å². The van der Waals surface area contributed by atoms with Gasteiger partial charge in [-0.2, -0.15) is 4.98 Å². The van der Waals surface area contributed by atoms with E-state index in [9.17, 15) is 0 Å². The van der Waals surface area contributed by atoms with Crippen LogP contribution < -0.4 is 0 Å². The monoisotopic (exact) mass is 231 g/mol. The fourth-order valence-electron chi connectivity index (χ4n) is 1.11. The fourth-order valence-corrected chi connectivity index (χ4v) is 1.64. The number of halogens is 2. The van der Waals surface area contributed by atoms with E-state index in [0.29, 0.717) is 10.8 Å². The molecular weight excluding hydrogens is 221 g/mol. The molecule has 0 spiro atoms. The molecule has 0 saturated heterocycles. The second kappa shape index (κ2) is 4.62. The van der Waals surface area contributed by atoms with E-state index in [-0.39, 0.29) is 5.28 Å². The zero-order chi connectivity index (χ0) is 10.7. The Bertz CT molecular complexity index is 437. The van der Waals surface area contributed by atoms with E-state index in [2.05, 4.69) is 15.0 Å². The molecule has 0 aliphatic rings. The predicted molar refractivity (Wildman–Crippen MR) is 60.0 cm³/mol. The molecule has 0 radical (unpaired) electrons. The molecule has 5 heteroatoms. The lowest BCUT2D eigenvalue weighted by atomic mass is 10.3. The summed E-state index contributed by atoms with van der Waals surface area (Å²) in [5.41, 5.74) is 1.70. The molecule has 14 heavy (non-hydrogen) atoms. The van der Waals surface area contributed by atoms with Crippen molar-refractivity contribution >= 4 is 34.2 Å². The van der Waals surface area contributed by atoms with Gasteiger partial charge in [-0.15, -0.1) is 0 Å². The van der Waals surface area contributed by atoms with Crippen LogP contribution in [0.25, 0.3) is 11.0 Å². The SMILES string of the molecule is CC.Cc1c[nH]c2nc(Cl)nc(Cl)c12. The van der Waals surface area contributed by atoms with Gasteiger partial charge in [-0.1, -0.05) is 25.4 Å². The van der Waals surface area contributed by atoms with Crippen LogP contribution in [0.15, 0.2) is 6.20 Å². The van der Waals surface area contributed by atoms with Crippen LogP contribution in [0.2, 0.25) is 10.4 Å². The lowest BCUT2D eigenvalue weighted by Crippen LogP contribution is -1.84. The molecule has 2 rings (SSSR count). The van der Waals surface area contributed by atoms with Crippen molar-refractivity contribution < 1.29 is 0 Å². The number of rotatable bonds is 0. The maximum atomic E-state index is 5.85. The number of nitrogens with one attached hydrogen (secondary N) is 1. The highest BCUT2D eigenvalue weighted by atomic mass is 35.5. The Labute approximate surface area is 92.5 Å². The van der Waals surface area contributed by atoms with Crippen molar-refractivity contribution in [1.82, 2.24) is 15.0 Å². The van der Waals surface area contributed by atoms with Crippen molar-refractivity contribution in [3.05, 3.63) is 22.2 Å². The summed E-state index contributed by atoms with van der Waals surface area (Å²) in [6.07, 6.45) is 1.82. The topological polar surface area (TPSA) is 41.6 Å². The molecule has 1 N–H and O–H groups in total. The van der Waals surface area contributed by atoms with Gasteiger partial charge in [-0.05, 0) is 24.1 Å². The molecule has 0 bridgehead atoms. The van der Waals surface area contributed by atoms with Crippen molar-refractivity contribution in [3.63, 3.8) is 0 Å². The molecule has 0 aliphatic carbocycles. The Morgan fingerprint density at radius 2 is 1.86 bits per heavy atom. The fraction of sp³-hybridized carbons (Fsp3) is 0.333. The highest BCUT2D eigenvalue weighted by Crippen LogP contribution is 2.24. The Kier molecular flexibility index (Phi) is 3.72. The van der Waals surface area contributed by atoms with E-state index in [1.807, 2.05) is 27.0 Å². The van der Waals surface area contributed by atoms with E-state index in [4.69, 9.17) is 23.2 Å². The van der Waals surface area contributed by atoms with Crippen LogP contribution in [0.3, 0.4) is 0 Å². The van der Waals surface area contributed by atoms with Crippen LogP contribution in [0, 0.1) is 6.92 Å². The molecule has 0 fully saturated rings. The minimum absolute atomic E-state index is 0.161. The summed E-state index contributed by atoms with van der Waals surface area (Å²) in [6, 6.07) is 0. The average Bonchev–Trinajstić information content (AvgIpc) is 2.51. The number of nitrogens with zero attached hydrogens (tertiary/aromatic N) is 2. The zero-order valence-corrected chi connectivity index (χ0v) is 9.74. The lowest BCUT2D eigenvalue weighted by molar-refractivity contribution is 1.20.